The van der Waals surface area contributed by atoms with Gasteiger partial charge >= 0.3 is 0 Å². The molecule has 0 radical (unpaired) electrons. The summed E-state index contributed by atoms with van der Waals surface area (Å²) in [7, 11) is 1.57. The highest BCUT2D eigenvalue weighted by atomic mass is 16.5. The lowest BCUT2D eigenvalue weighted by Crippen LogP contribution is -2.60. The molecule has 1 saturated carbocycles. The second-order valence-corrected chi connectivity index (χ2v) is 9.57. The summed E-state index contributed by atoms with van der Waals surface area (Å²) in [4.78, 5) is 43.4. The first-order valence-electron chi connectivity index (χ1n) is 12.2. The Bertz CT molecular complexity index is 1120. The van der Waals surface area contributed by atoms with Crippen LogP contribution in [-0.4, -0.2) is 72.1 Å². The second-order valence-electron chi connectivity index (χ2n) is 9.57. The molecular weight excluding hydrogens is 446 g/mol. The van der Waals surface area contributed by atoms with Gasteiger partial charge in [0.05, 0.1) is 13.7 Å². The van der Waals surface area contributed by atoms with Crippen LogP contribution in [0, 0.1) is 6.92 Å². The van der Waals surface area contributed by atoms with Gasteiger partial charge in [-0.1, -0.05) is 18.2 Å². The fourth-order valence-corrected chi connectivity index (χ4v) is 5.01. The van der Waals surface area contributed by atoms with Crippen LogP contribution in [0.2, 0.25) is 0 Å². The molecule has 2 aliphatic heterocycles. The van der Waals surface area contributed by atoms with Gasteiger partial charge in [-0.15, -0.1) is 0 Å². The molecule has 1 aliphatic carbocycles. The highest BCUT2D eigenvalue weighted by Crippen LogP contribution is 2.39. The molecule has 0 bridgehead atoms. The lowest BCUT2D eigenvalue weighted by molar-refractivity contribution is -0.128. The molecule has 2 heterocycles. The van der Waals surface area contributed by atoms with E-state index in [0.29, 0.717) is 42.8 Å². The van der Waals surface area contributed by atoms with Crippen molar-refractivity contribution in [1.82, 2.24) is 15.1 Å². The van der Waals surface area contributed by atoms with Gasteiger partial charge < -0.3 is 19.7 Å². The Kier molecular flexibility index (Phi) is 6.23. The molecule has 0 aromatic heterocycles. The van der Waals surface area contributed by atoms with Gasteiger partial charge in [0.25, 0.3) is 11.8 Å². The Morgan fingerprint density at radius 1 is 1.00 bits per heavy atom. The minimum absolute atomic E-state index is 0.0213. The van der Waals surface area contributed by atoms with Crippen LogP contribution >= 0.6 is 0 Å². The lowest BCUT2D eigenvalue weighted by atomic mass is 9.95. The number of methoxy groups -OCH3 is 1. The van der Waals surface area contributed by atoms with Crippen molar-refractivity contribution in [1.29, 1.82) is 0 Å². The van der Waals surface area contributed by atoms with Crippen molar-refractivity contribution in [3.8, 4) is 5.75 Å². The van der Waals surface area contributed by atoms with E-state index in [0.717, 1.165) is 18.4 Å². The molecule has 3 fully saturated rings. The Balaban J connectivity index is 1.38. The average molecular weight is 478 g/mol. The summed E-state index contributed by atoms with van der Waals surface area (Å²) in [5, 5.41) is 3.03. The summed E-state index contributed by atoms with van der Waals surface area (Å²) < 4.78 is 11.5. The van der Waals surface area contributed by atoms with Crippen molar-refractivity contribution in [3.63, 3.8) is 0 Å². The number of piperidine rings is 1. The Morgan fingerprint density at radius 3 is 2.31 bits per heavy atom. The molecule has 1 atom stereocenters. The van der Waals surface area contributed by atoms with Crippen LogP contribution in [0.3, 0.4) is 0 Å². The smallest absolute Gasteiger partial charge is 0.256 e. The Morgan fingerprint density at radius 2 is 1.69 bits per heavy atom. The van der Waals surface area contributed by atoms with Crippen molar-refractivity contribution >= 4 is 17.7 Å². The van der Waals surface area contributed by atoms with Gasteiger partial charge in [-0.05, 0) is 55.7 Å². The number of likely N-dealkylation sites (tertiary alicyclic amines) is 1. The third kappa shape index (κ3) is 4.50. The van der Waals surface area contributed by atoms with Gasteiger partial charge in [-0.2, -0.15) is 0 Å². The van der Waals surface area contributed by atoms with Gasteiger partial charge in [0.15, 0.2) is 0 Å². The minimum Gasteiger partial charge on any atom is -0.497 e. The van der Waals surface area contributed by atoms with Crippen molar-refractivity contribution in [2.45, 2.75) is 50.4 Å². The Labute approximate surface area is 205 Å². The quantitative estimate of drug-likeness (QED) is 0.716. The lowest BCUT2D eigenvalue weighted by Gasteiger charge is -2.44. The van der Waals surface area contributed by atoms with Gasteiger partial charge in [-0.25, -0.2) is 0 Å². The van der Waals surface area contributed by atoms with E-state index in [4.69, 9.17) is 9.47 Å². The van der Waals surface area contributed by atoms with E-state index in [1.54, 1.807) is 36.3 Å². The van der Waals surface area contributed by atoms with Crippen LogP contribution in [-0.2, 0) is 9.53 Å². The molecule has 8 nitrogen and oxygen atoms in total. The summed E-state index contributed by atoms with van der Waals surface area (Å²) in [6.45, 7) is 2.95. The monoisotopic (exact) mass is 477 g/mol. The molecule has 3 amide bonds. The van der Waals surface area contributed by atoms with Gasteiger partial charge in [-0.3, -0.25) is 19.3 Å². The normalized spacial score (nSPS) is 21.1. The number of hydrogen-bond acceptors (Lipinski definition) is 5. The zero-order valence-corrected chi connectivity index (χ0v) is 20.2. The first-order valence-corrected chi connectivity index (χ1v) is 12.2. The van der Waals surface area contributed by atoms with E-state index >= 15 is 0 Å². The maximum atomic E-state index is 13.8. The third-order valence-electron chi connectivity index (χ3n) is 7.25. The number of ether oxygens (including phenoxy) is 2. The number of aryl methyl sites for hydroxylation is 1. The first kappa shape index (κ1) is 23.4. The molecule has 2 saturated heterocycles. The number of nitrogens with zero attached hydrogens (tertiary/aromatic N) is 2. The zero-order valence-electron chi connectivity index (χ0n) is 20.2. The number of nitrogens with one attached hydrogen (secondary N) is 1. The fourth-order valence-electron chi connectivity index (χ4n) is 5.01. The summed E-state index contributed by atoms with van der Waals surface area (Å²) in [5.41, 5.74) is 1.16. The SMILES string of the molecule is COc1ccc(C(=O)N2C(C(=O)NC3CC3)COC23CCN(C(=O)c2ccccc2C)CC3)cc1. The topological polar surface area (TPSA) is 88.2 Å². The third-order valence-corrected chi connectivity index (χ3v) is 7.25. The summed E-state index contributed by atoms with van der Waals surface area (Å²) >= 11 is 0. The van der Waals surface area contributed by atoms with Crippen LogP contribution in [0.4, 0.5) is 0 Å². The maximum absolute atomic E-state index is 13.8. The molecule has 35 heavy (non-hydrogen) atoms. The highest BCUT2D eigenvalue weighted by molar-refractivity contribution is 5.99. The van der Waals surface area contributed by atoms with Crippen molar-refractivity contribution in [3.05, 3.63) is 65.2 Å². The van der Waals surface area contributed by atoms with Crippen molar-refractivity contribution in [2.75, 3.05) is 26.8 Å². The number of amides is 3. The summed E-state index contributed by atoms with van der Waals surface area (Å²) in [6, 6.07) is 13.9. The number of hydrogen-bond donors (Lipinski definition) is 1. The van der Waals surface area contributed by atoms with Gasteiger partial charge in [0.1, 0.15) is 17.5 Å². The molecule has 2 aromatic carbocycles. The van der Waals surface area contributed by atoms with Gasteiger partial charge in [0.2, 0.25) is 5.91 Å². The van der Waals surface area contributed by atoms with E-state index in [1.165, 1.54) is 0 Å². The predicted molar refractivity (Wildman–Crippen MR) is 129 cm³/mol. The minimum atomic E-state index is -0.926. The van der Waals surface area contributed by atoms with Crippen LogP contribution in [0.5, 0.6) is 5.75 Å². The van der Waals surface area contributed by atoms with E-state index in [9.17, 15) is 14.4 Å². The molecule has 3 aliphatic rings. The fraction of sp³-hybridized carbons (Fsp3) is 0.444. The zero-order chi connectivity index (χ0) is 24.6. The Hall–Kier alpha value is -3.39. The number of carbonyl (C=O) groups is 3. The number of benzene rings is 2. The molecule has 2 aromatic rings. The molecule has 1 N–H and O–H groups in total. The predicted octanol–water partition coefficient (Wildman–Crippen LogP) is 2.76. The maximum Gasteiger partial charge on any atom is 0.256 e. The molecule has 1 unspecified atom stereocenters. The highest BCUT2D eigenvalue weighted by Gasteiger charge is 2.54. The number of rotatable bonds is 5. The average Bonchev–Trinajstić information content (AvgIpc) is 3.63. The molecule has 184 valence electrons. The van der Waals surface area contributed by atoms with Crippen LogP contribution in [0.25, 0.3) is 0 Å². The molecular formula is C27H31N3O5. The number of carbonyl (C=O) groups excluding carboxylic acids is 3. The van der Waals surface area contributed by atoms with E-state index < -0.39 is 11.8 Å². The van der Waals surface area contributed by atoms with Crippen molar-refractivity contribution < 1.29 is 23.9 Å². The second kappa shape index (κ2) is 9.34. The van der Waals surface area contributed by atoms with E-state index in [1.807, 2.05) is 36.1 Å². The van der Waals surface area contributed by atoms with Gasteiger partial charge in [0, 0.05) is 43.1 Å². The van der Waals surface area contributed by atoms with E-state index in [-0.39, 0.29) is 30.4 Å². The largest absolute Gasteiger partial charge is 0.497 e. The molecule has 5 rings (SSSR count). The molecule has 8 heteroatoms. The summed E-state index contributed by atoms with van der Waals surface area (Å²) in [5.74, 6) is 0.205. The standard InChI is InChI=1S/C27H31N3O5/c1-18-5-3-4-6-22(18)26(33)29-15-13-27(14-16-29)30(23(17-35-27)24(31)28-20-9-10-20)25(32)19-7-11-21(34-2)12-8-19/h3-8,11-12,20,23H,9-10,13-17H2,1-2H3,(H,28,31). The van der Waals surface area contributed by atoms with Crippen LogP contribution in [0.15, 0.2) is 48.5 Å². The van der Waals surface area contributed by atoms with E-state index in [2.05, 4.69) is 5.32 Å². The van der Waals surface area contributed by atoms with Crippen LogP contribution in [0.1, 0.15) is 52.0 Å². The van der Waals surface area contributed by atoms with Crippen molar-refractivity contribution in [2.24, 2.45) is 0 Å². The molecule has 1 spiro atoms. The van der Waals surface area contributed by atoms with Crippen LogP contribution < -0.4 is 10.1 Å². The summed E-state index contributed by atoms with van der Waals surface area (Å²) in [6.07, 6.45) is 2.82. The first-order chi connectivity index (χ1) is 16.9.